The zero-order chi connectivity index (χ0) is 19.9. The molecule has 0 aliphatic carbocycles. The van der Waals surface area contributed by atoms with Crippen LogP contribution in [0.3, 0.4) is 0 Å². The molecule has 0 N–H and O–H groups in total. The molecule has 1 saturated heterocycles. The van der Waals surface area contributed by atoms with Gasteiger partial charge in [-0.3, -0.25) is 4.99 Å². The lowest BCUT2D eigenvalue weighted by Crippen LogP contribution is -2.36. The minimum absolute atomic E-state index is 0.0656. The Bertz CT molecular complexity index is 802. The smallest absolute Gasteiger partial charge is 0.180 e. The maximum absolute atomic E-state index is 6.42. The van der Waals surface area contributed by atoms with Crippen molar-refractivity contribution in [3.8, 4) is 11.5 Å². The Morgan fingerprint density at radius 2 is 1.93 bits per heavy atom. The first kappa shape index (κ1) is 20.5. The Hall–Kier alpha value is -2.24. The van der Waals surface area contributed by atoms with Crippen LogP contribution in [-0.2, 0) is 4.74 Å². The molecule has 0 aromatic heterocycles. The minimum Gasteiger partial charge on any atom is -0.493 e. The van der Waals surface area contributed by atoms with E-state index in [1.165, 1.54) is 5.69 Å². The van der Waals surface area contributed by atoms with E-state index in [0.29, 0.717) is 16.5 Å². The minimum atomic E-state index is 0.0656. The second kappa shape index (κ2) is 9.80. The highest BCUT2D eigenvalue weighted by atomic mass is 35.5. The highest BCUT2D eigenvalue weighted by molar-refractivity contribution is 6.32. The number of halogens is 1. The molecule has 6 heteroatoms. The van der Waals surface area contributed by atoms with E-state index in [4.69, 9.17) is 25.8 Å². The third-order valence-electron chi connectivity index (χ3n) is 4.73. The van der Waals surface area contributed by atoms with E-state index in [9.17, 15) is 0 Å². The van der Waals surface area contributed by atoms with Gasteiger partial charge in [0.15, 0.2) is 11.5 Å². The number of aliphatic imine (C=N–C) groups is 1. The predicted molar refractivity (Wildman–Crippen MR) is 115 cm³/mol. The van der Waals surface area contributed by atoms with Crippen LogP contribution < -0.4 is 14.4 Å². The van der Waals surface area contributed by atoms with Crippen molar-refractivity contribution < 1.29 is 14.2 Å². The van der Waals surface area contributed by atoms with E-state index in [-0.39, 0.29) is 6.10 Å². The largest absolute Gasteiger partial charge is 0.493 e. The van der Waals surface area contributed by atoms with Crippen molar-refractivity contribution in [2.24, 2.45) is 4.99 Å². The topological polar surface area (TPSA) is 43.3 Å². The lowest BCUT2D eigenvalue weighted by Gasteiger charge is -2.28. The average molecular weight is 403 g/mol. The second-order valence-corrected chi connectivity index (χ2v) is 7.15. The van der Waals surface area contributed by atoms with Gasteiger partial charge in [-0.1, -0.05) is 18.5 Å². The summed E-state index contributed by atoms with van der Waals surface area (Å²) in [7, 11) is 1.61. The van der Waals surface area contributed by atoms with E-state index >= 15 is 0 Å². The zero-order valence-electron chi connectivity index (χ0n) is 16.7. The Morgan fingerprint density at radius 3 is 2.57 bits per heavy atom. The van der Waals surface area contributed by atoms with E-state index in [1.807, 2.05) is 31.2 Å². The molecule has 2 aromatic carbocycles. The van der Waals surface area contributed by atoms with Crippen molar-refractivity contribution in [1.29, 1.82) is 0 Å². The van der Waals surface area contributed by atoms with Gasteiger partial charge in [0.2, 0.25) is 0 Å². The van der Waals surface area contributed by atoms with Gasteiger partial charge in [-0.15, -0.1) is 0 Å². The molecule has 28 heavy (non-hydrogen) atoms. The third kappa shape index (κ3) is 5.18. The molecule has 0 amide bonds. The maximum atomic E-state index is 6.42. The number of ether oxygens (including phenoxy) is 3. The van der Waals surface area contributed by atoms with E-state index < -0.39 is 0 Å². The zero-order valence-corrected chi connectivity index (χ0v) is 17.4. The highest BCUT2D eigenvalue weighted by Gasteiger charge is 2.14. The number of hydrogen-bond donors (Lipinski definition) is 0. The summed E-state index contributed by atoms with van der Waals surface area (Å²) in [6, 6.07) is 11.9. The van der Waals surface area contributed by atoms with E-state index in [0.717, 1.165) is 44.0 Å². The molecule has 1 aliphatic heterocycles. The summed E-state index contributed by atoms with van der Waals surface area (Å²) in [5.74, 6) is 1.18. The van der Waals surface area contributed by atoms with Gasteiger partial charge in [-0.05, 0) is 55.3 Å². The van der Waals surface area contributed by atoms with Gasteiger partial charge < -0.3 is 19.1 Å². The van der Waals surface area contributed by atoms with Gasteiger partial charge in [0.1, 0.15) is 0 Å². The van der Waals surface area contributed by atoms with Crippen LogP contribution in [0.25, 0.3) is 0 Å². The Balaban J connectivity index is 1.73. The molecule has 5 nitrogen and oxygen atoms in total. The molecule has 150 valence electrons. The molecule has 2 aromatic rings. The first-order chi connectivity index (χ1) is 13.6. The fraction of sp³-hybridized carbons (Fsp3) is 0.409. The summed E-state index contributed by atoms with van der Waals surface area (Å²) >= 11 is 6.42. The number of morpholine rings is 1. The van der Waals surface area contributed by atoms with Crippen LogP contribution in [-0.4, -0.2) is 45.7 Å². The maximum Gasteiger partial charge on any atom is 0.180 e. The molecule has 3 rings (SSSR count). The lowest BCUT2D eigenvalue weighted by atomic mass is 10.2. The molecular weight excluding hydrogens is 376 g/mol. The van der Waals surface area contributed by atoms with Crippen molar-refractivity contribution in [2.45, 2.75) is 26.4 Å². The van der Waals surface area contributed by atoms with E-state index in [2.05, 4.69) is 28.9 Å². The van der Waals surface area contributed by atoms with Gasteiger partial charge in [-0.25, -0.2) is 0 Å². The van der Waals surface area contributed by atoms with Crippen molar-refractivity contribution in [1.82, 2.24) is 0 Å². The van der Waals surface area contributed by atoms with Crippen molar-refractivity contribution in [3.05, 3.63) is 47.0 Å². The van der Waals surface area contributed by atoms with Crippen molar-refractivity contribution in [3.63, 3.8) is 0 Å². The average Bonchev–Trinajstić information content (AvgIpc) is 2.74. The molecule has 1 heterocycles. The predicted octanol–water partition coefficient (Wildman–Crippen LogP) is 5.11. The highest BCUT2D eigenvalue weighted by Crippen LogP contribution is 2.37. The quantitative estimate of drug-likeness (QED) is 0.603. The molecule has 0 saturated carbocycles. The van der Waals surface area contributed by atoms with Gasteiger partial charge in [-0.2, -0.15) is 0 Å². The van der Waals surface area contributed by atoms with Crippen LogP contribution in [0.5, 0.6) is 11.5 Å². The molecule has 1 atom stereocenters. The first-order valence-corrected chi connectivity index (χ1v) is 9.99. The van der Waals surface area contributed by atoms with Crippen molar-refractivity contribution in [2.75, 3.05) is 38.3 Å². The normalized spacial score (nSPS) is 15.6. The second-order valence-electron chi connectivity index (χ2n) is 6.74. The van der Waals surface area contributed by atoms with Crippen LogP contribution in [0, 0.1) is 0 Å². The summed E-state index contributed by atoms with van der Waals surface area (Å²) < 4.78 is 16.8. The fourth-order valence-corrected chi connectivity index (χ4v) is 3.20. The van der Waals surface area contributed by atoms with Crippen LogP contribution in [0.4, 0.5) is 11.4 Å². The first-order valence-electron chi connectivity index (χ1n) is 9.61. The van der Waals surface area contributed by atoms with Gasteiger partial charge in [0.05, 0.1) is 37.1 Å². The lowest BCUT2D eigenvalue weighted by molar-refractivity contribution is 0.122. The molecule has 1 fully saturated rings. The van der Waals surface area contributed by atoms with Crippen LogP contribution in [0.15, 0.2) is 41.4 Å². The van der Waals surface area contributed by atoms with Crippen LogP contribution >= 0.6 is 11.6 Å². The summed E-state index contributed by atoms with van der Waals surface area (Å²) in [5.41, 5.74) is 2.93. The number of methoxy groups -OCH3 is 1. The molecular formula is C22H27ClN2O3. The number of rotatable bonds is 7. The standard InChI is InChI=1S/C22H27ClN2O3/c1-4-16(2)28-22-20(23)13-17(14-21(22)26-3)15-24-18-5-7-19(8-6-18)25-9-11-27-12-10-25/h5-8,13-16H,4,9-12H2,1-3H3/t16-/m1/s1. The Morgan fingerprint density at radius 1 is 1.21 bits per heavy atom. The summed E-state index contributed by atoms with van der Waals surface area (Å²) in [6.45, 7) is 7.47. The van der Waals surface area contributed by atoms with Crippen LogP contribution in [0.1, 0.15) is 25.8 Å². The molecule has 1 aliphatic rings. The number of anilines is 1. The van der Waals surface area contributed by atoms with Gasteiger partial charge >= 0.3 is 0 Å². The number of hydrogen-bond acceptors (Lipinski definition) is 5. The SMILES string of the molecule is CC[C@@H](C)Oc1c(Cl)cc(C=Nc2ccc(N3CCOCC3)cc2)cc1OC. The summed E-state index contributed by atoms with van der Waals surface area (Å²) in [6.07, 6.45) is 2.74. The summed E-state index contributed by atoms with van der Waals surface area (Å²) in [4.78, 5) is 6.88. The molecule has 0 spiro atoms. The Kier molecular flexibility index (Phi) is 7.18. The van der Waals surface area contributed by atoms with Gasteiger partial charge in [0.25, 0.3) is 0 Å². The third-order valence-corrected chi connectivity index (χ3v) is 5.02. The molecule has 0 radical (unpaired) electrons. The molecule has 0 bridgehead atoms. The Labute approximate surface area is 171 Å². The van der Waals surface area contributed by atoms with E-state index in [1.54, 1.807) is 13.3 Å². The van der Waals surface area contributed by atoms with Crippen molar-refractivity contribution >= 4 is 29.2 Å². The molecule has 0 unspecified atom stereocenters. The monoisotopic (exact) mass is 402 g/mol. The van der Waals surface area contributed by atoms with Crippen LogP contribution in [0.2, 0.25) is 5.02 Å². The summed E-state index contributed by atoms with van der Waals surface area (Å²) in [5, 5.41) is 0.517. The fourth-order valence-electron chi connectivity index (χ4n) is 2.93. The number of nitrogens with zero attached hydrogens (tertiary/aromatic N) is 2. The number of benzene rings is 2. The van der Waals surface area contributed by atoms with Gasteiger partial charge in [0, 0.05) is 25.0 Å².